The highest BCUT2D eigenvalue weighted by atomic mass is 16.5. The molecule has 37 heavy (non-hydrogen) atoms. The van der Waals surface area contributed by atoms with Gasteiger partial charge in [0.05, 0.1) is 6.61 Å². The number of hydrogen-bond acceptors (Lipinski definition) is 3. The molecule has 220 valence electrons. The van der Waals surface area contributed by atoms with Gasteiger partial charge in [-0.1, -0.05) is 135 Å². The molecule has 0 radical (unpaired) electrons. The van der Waals surface area contributed by atoms with Crippen LogP contribution in [-0.4, -0.2) is 38.1 Å². The molecule has 0 aromatic carbocycles. The maximum Gasteiger partial charge on any atom is 0.305 e. The summed E-state index contributed by atoms with van der Waals surface area (Å²) in [6.45, 7) is 5.97. The van der Waals surface area contributed by atoms with Gasteiger partial charge in [0.1, 0.15) is 0 Å². The van der Waals surface area contributed by atoms with E-state index in [1.54, 1.807) is 0 Å². The first kappa shape index (κ1) is 34.5. The second-order valence-corrected chi connectivity index (χ2v) is 12.6. The molecule has 0 N–H and O–H groups in total. The van der Waals surface area contributed by atoms with Crippen LogP contribution < -0.4 is 0 Å². The SMILES string of the molecule is CCCCCCCCC(CCCCCCCCC1CC1CCCCCCCC(=O)OCC)CCN(C)C. The number of carbonyl (C=O) groups excluding carboxylic acids is 1. The zero-order valence-electron chi connectivity index (χ0n) is 25.9. The summed E-state index contributed by atoms with van der Waals surface area (Å²) >= 11 is 0. The van der Waals surface area contributed by atoms with Crippen molar-refractivity contribution in [1.82, 2.24) is 4.90 Å². The number of carbonyl (C=O) groups is 1. The van der Waals surface area contributed by atoms with Gasteiger partial charge in [-0.15, -0.1) is 0 Å². The Morgan fingerprint density at radius 3 is 1.68 bits per heavy atom. The molecule has 3 unspecified atom stereocenters. The fourth-order valence-electron chi connectivity index (χ4n) is 6.09. The molecule has 0 amide bonds. The van der Waals surface area contributed by atoms with Crippen molar-refractivity contribution in [1.29, 1.82) is 0 Å². The van der Waals surface area contributed by atoms with Gasteiger partial charge >= 0.3 is 5.97 Å². The van der Waals surface area contributed by atoms with Crippen LogP contribution in [-0.2, 0) is 9.53 Å². The van der Waals surface area contributed by atoms with Crippen LogP contribution in [0.3, 0.4) is 0 Å². The van der Waals surface area contributed by atoms with Crippen LogP contribution in [0.15, 0.2) is 0 Å². The quantitative estimate of drug-likeness (QED) is 0.0757. The van der Waals surface area contributed by atoms with Crippen LogP contribution >= 0.6 is 0 Å². The first-order valence-corrected chi connectivity index (χ1v) is 16.9. The highest BCUT2D eigenvalue weighted by Gasteiger charge is 2.34. The Morgan fingerprint density at radius 1 is 0.676 bits per heavy atom. The molecule has 1 rings (SSSR count). The maximum atomic E-state index is 11.3. The summed E-state index contributed by atoms with van der Waals surface area (Å²) in [4.78, 5) is 13.7. The van der Waals surface area contributed by atoms with Gasteiger partial charge < -0.3 is 9.64 Å². The van der Waals surface area contributed by atoms with Gasteiger partial charge in [0.2, 0.25) is 0 Å². The van der Waals surface area contributed by atoms with E-state index in [1.165, 1.54) is 148 Å². The molecule has 3 atom stereocenters. The lowest BCUT2D eigenvalue weighted by Gasteiger charge is -2.19. The fourth-order valence-corrected chi connectivity index (χ4v) is 6.09. The summed E-state index contributed by atoms with van der Waals surface area (Å²) in [7, 11) is 4.45. The van der Waals surface area contributed by atoms with Crippen molar-refractivity contribution in [2.75, 3.05) is 27.2 Å². The lowest BCUT2D eigenvalue weighted by atomic mass is 9.91. The molecule has 1 fully saturated rings. The third-order valence-corrected chi connectivity index (χ3v) is 8.72. The highest BCUT2D eigenvalue weighted by Crippen LogP contribution is 2.45. The Bertz CT molecular complexity index is 506. The van der Waals surface area contributed by atoms with Gasteiger partial charge in [0, 0.05) is 6.42 Å². The summed E-state index contributed by atoms with van der Waals surface area (Å²) in [6.07, 6.45) is 33.0. The van der Waals surface area contributed by atoms with Crippen molar-refractivity contribution >= 4 is 5.97 Å². The van der Waals surface area contributed by atoms with E-state index in [0.717, 1.165) is 24.2 Å². The van der Waals surface area contributed by atoms with Crippen LogP contribution in [0.4, 0.5) is 0 Å². The van der Waals surface area contributed by atoms with Crippen molar-refractivity contribution in [3.63, 3.8) is 0 Å². The zero-order valence-corrected chi connectivity index (χ0v) is 25.9. The molecule has 0 aromatic rings. The zero-order chi connectivity index (χ0) is 27.0. The van der Waals surface area contributed by atoms with Crippen molar-refractivity contribution in [2.45, 2.75) is 168 Å². The van der Waals surface area contributed by atoms with Crippen LogP contribution in [0.5, 0.6) is 0 Å². The van der Waals surface area contributed by atoms with E-state index in [2.05, 4.69) is 25.9 Å². The summed E-state index contributed by atoms with van der Waals surface area (Å²) in [5.74, 6) is 3.05. The third-order valence-electron chi connectivity index (χ3n) is 8.72. The minimum atomic E-state index is -0.0219. The predicted molar refractivity (Wildman–Crippen MR) is 162 cm³/mol. The van der Waals surface area contributed by atoms with Crippen LogP contribution in [0, 0.1) is 17.8 Å². The van der Waals surface area contributed by atoms with Crippen LogP contribution in [0.2, 0.25) is 0 Å². The van der Waals surface area contributed by atoms with E-state index in [4.69, 9.17) is 4.74 Å². The van der Waals surface area contributed by atoms with E-state index in [9.17, 15) is 4.79 Å². The molecule has 1 aliphatic carbocycles. The molecule has 3 nitrogen and oxygen atoms in total. The van der Waals surface area contributed by atoms with E-state index in [-0.39, 0.29) is 5.97 Å². The minimum absolute atomic E-state index is 0.0219. The average molecular weight is 522 g/mol. The topological polar surface area (TPSA) is 29.5 Å². The number of esters is 1. The molecule has 0 aromatic heterocycles. The minimum Gasteiger partial charge on any atom is -0.466 e. The molecule has 3 heteroatoms. The monoisotopic (exact) mass is 522 g/mol. The number of nitrogens with zero attached hydrogens (tertiary/aromatic N) is 1. The van der Waals surface area contributed by atoms with Crippen LogP contribution in [0.1, 0.15) is 168 Å². The first-order valence-electron chi connectivity index (χ1n) is 16.9. The van der Waals surface area contributed by atoms with Crippen LogP contribution in [0.25, 0.3) is 0 Å². The number of hydrogen-bond donors (Lipinski definition) is 0. The molecular formula is C34H67NO2. The molecule has 0 aliphatic heterocycles. The highest BCUT2D eigenvalue weighted by molar-refractivity contribution is 5.69. The summed E-state index contributed by atoms with van der Waals surface area (Å²) in [6, 6.07) is 0. The van der Waals surface area contributed by atoms with E-state index in [0.29, 0.717) is 13.0 Å². The molecular weight excluding hydrogens is 454 g/mol. The van der Waals surface area contributed by atoms with E-state index >= 15 is 0 Å². The number of ether oxygens (including phenoxy) is 1. The Labute approximate surface area is 233 Å². The Kier molecular flexibility index (Phi) is 22.8. The van der Waals surface area contributed by atoms with Gasteiger partial charge in [-0.05, 0) is 64.6 Å². The van der Waals surface area contributed by atoms with E-state index in [1.807, 2.05) is 6.92 Å². The van der Waals surface area contributed by atoms with Gasteiger partial charge in [-0.25, -0.2) is 0 Å². The molecule has 0 spiro atoms. The Morgan fingerprint density at radius 2 is 1.16 bits per heavy atom. The lowest BCUT2D eigenvalue weighted by molar-refractivity contribution is -0.143. The maximum absolute atomic E-state index is 11.3. The summed E-state index contributed by atoms with van der Waals surface area (Å²) in [5.41, 5.74) is 0. The van der Waals surface area contributed by atoms with Crippen molar-refractivity contribution < 1.29 is 9.53 Å². The Balaban J connectivity index is 1.91. The normalized spacial score (nSPS) is 17.9. The van der Waals surface area contributed by atoms with Gasteiger partial charge in [-0.3, -0.25) is 4.79 Å². The number of rotatable bonds is 28. The largest absolute Gasteiger partial charge is 0.466 e. The number of unbranched alkanes of at least 4 members (excludes halogenated alkanes) is 14. The fraction of sp³-hybridized carbons (Fsp3) is 0.971. The molecule has 1 aliphatic rings. The van der Waals surface area contributed by atoms with Crippen molar-refractivity contribution in [2.24, 2.45) is 17.8 Å². The lowest BCUT2D eigenvalue weighted by Crippen LogP contribution is -2.17. The van der Waals surface area contributed by atoms with Gasteiger partial charge in [0.25, 0.3) is 0 Å². The molecule has 0 heterocycles. The molecule has 0 saturated heterocycles. The average Bonchev–Trinajstić information content (AvgIpc) is 3.63. The summed E-state index contributed by atoms with van der Waals surface area (Å²) in [5, 5.41) is 0. The van der Waals surface area contributed by atoms with Crippen molar-refractivity contribution in [3.05, 3.63) is 0 Å². The second kappa shape index (κ2) is 24.5. The molecule has 1 saturated carbocycles. The smallest absolute Gasteiger partial charge is 0.305 e. The predicted octanol–water partition coefficient (Wildman–Crippen LogP) is 10.4. The first-order chi connectivity index (χ1) is 18.1. The van der Waals surface area contributed by atoms with Crippen molar-refractivity contribution in [3.8, 4) is 0 Å². The second-order valence-electron chi connectivity index (χ2n) is 12.6. The summed E-state index contributed by atoms with van der Waals surface area (Å²) < 4.78 is 4.99. The van der Waals surface area contributed by atoms with Gasteiger partial charge in [-0.2, -0.15) is 0 Å². The molecule has 0 bridgehead atoms. The Hall–Kier alpha value is -0.570. The third kappa shape index (κ3) is 22.0. The van der Waals surface area contributed by atoms with Gasteiger partial charge in [0.15, 0.2) is 0 Å². The van der Waals surface area contributed by atoms with E-state index < -0.39 is 0 Å². The standard InChI is InChI=1S/C34H67NO2/c1-5-7-8-9-13-18-23-31(28-29-35(3)4)24-19-14-10-11-15-20-25-32-30-33(32)26-21-16-12-17-22-27-34(36)37-6-2/h31-33H,5-30H2,1-4H3.